The smallest absolute Gasteiger partial charge is 0.455 e. The zero-order valence-corrected chi connectivity index (χ0v) is 11.6. The summed E-state index contributed by atoms with van der Waals surface area (Å²) in [7, 11) is 0. The van der Waals surface area contributed by atoms with Crippen LogP contribution in [0.4, 0.5) is 22.0 Å². The van der Waals surface area contributed by atoms with Gasteiger partial charge in [0.2, 0.25) is 0 Å². The lowest BCUT2D eigenvalue weighted by molar-refractivity contribution is -0.291. The lowest BCUT2D eigenvalue weighted by atomic mass is 10.0. The molecule has 2 nitrogen and oxygen atoms in total. The molecule has 0 fully saturated rings. The number of ether oxygens (including phenoxy) is 1. The highest BCUT2D eigenvalue weighted by Crippen LogP contribution is 2.43. The van der Waals surface area contributed by atoms with Gasteiger partial charge < -0.3 is 10.5 Å². The van der Waals surface area contributed by atoms with Crippen molar-refractivity contribution in [3.63, 3.8) is 0 Å². The quantitative estimate of drug-likeness (QED) is 0.848. The van der Waals surface area contributed by atoms with Crippen LogP contribution in [0, 0.1) is 0 Å². The molecule has 1 aromatic rings. The summed E-state index contributed by atoms with van der Waals surface area (Å²) in [6, 6.07) is 2.37. The third kappa shape index (κ3) is 4.21. The SMILES string of the molecule is CC(C)Oc1ccc([C@H](N)C(F)(F)C(F)(F)F)cc1.Cl. The fraction of sp³-hybridized carbons (Fsp3) is 0.500. The van der Waals surface area contributed by atoms with Gasteiger partial charge in [0.05, 0.1) is 6.10 Å². The third-order valence-corrected chi connectivity index (χ3v) is 2.38. The zero-order valence-electron chi connectivity index (χ0n) is 10.7. The number of hydrogen-bond acceptors (Lipinski definition) is 2. The minimum absolute atomic E-state index is 0. The van der Waals surface area contributed by atoms with E-state index < -0.39 is 18.1 Å². The van der Waals surface area contributed by atoms with Gasteiger partial charge in [-0.15, -0.1) is 12.4 Å². The van der Waals surface area contributed by atoms with Crippen molar-refractivity contribution in [1.29, 1.82) is 0 Å². The molecule has 0 amide bonds. The van der Waals surface area contributed by atoms with E-state index in [-0.39, 0.29) is 24.1 Å². The fourth-order valence-electron chi connectivity index (χ4n) is 1.41. The summed E-state index contributed by atoms with van der Waals surface area (Å²) in [4.78, 5) is 0. The molecule has 1 atom stereocenters. The molecule has 1 rings (SSSR count). The minimum Gasteiger partial charge on any atom is -0.491 e. The maximum atomic E-state index is 13.0. The van der Waals surface area contributed by atoms with E-state index in [0.29, 0.717) is 5.75 Å². The van der Waals surface area contributed by atoms with Crippen molar-refractivity contribution in [2.45, 2.75) is 38.1 Å². The molecule has 116 valence electrons. The first-order valence-corrected chi connectivity index (χ1v) is 5.52. The predicted octanol–water partition coefficient (Wildman–Crippen LogP) is 4.09. The Morgan fingerprint density at radius 1 is 1.00 bits per heavy atom. The summed E-state index contributed by atoms with van der Waals surface area (Å²) < 4.78 is 67.8. The topological polar surface area (TPSA) is 35.2 Å². The molecule has 1 aromatic carbocycles. The van der Waals surface area contributed by atoms with Crippen molar-refractivity contribution in [3.05, 3.63) is 29.8 Å². The van der Waals surface area contributed by atoms with Crippen LogP contribution in [-0.2, 0) is 0 Å². The summed E-state index contributed by atoms with van der Waals surface area (Å²) in [6.07, 6.45) is -5.81. The summed E-state index contributed by atoms with van der Waals surface area (Å²) >= 11 is 0. The van der Waals surface area contributed by atoms with E-state index >= 15 is 0 Å². The molecule has 0 saturated heterocycles. The molecule has 0 heterocycles. The Balaban J connectivity index is 0.00000361. The van der Waals surface area contributed by atoms with Gasteiger partial charge in [0.1, 0.15) is 11.8 Å². The summed E-state index contributed by atoms with van der Waals surface area (Å²) in [6.45, 7) is 3.52. The van der Waals surface area contributed by atoms with Crippen molar-refractivity contribution in [1.82, 2.24) is 0 Å². The van der Waals surface area contributed by atoms with E-state index in [0.717, 1.165) is 12.1 Å². The van der Waals surface area contributed by atoms with E-state index in [1.807, 2.05) is 0 Å². The number of benzene rings is 1. The van der Waals surface area contributed by atoms with Crippen molar-refractivity contribution < 1.29 is 26.7 Å². The normalized spacial score (nSPS) is 13.8. The molecule has 0 unspecified atom stereocenters. The molecule has 0 aliphatic carbocycles. The van der Waals surface area contributed by atoms with E-state index in [4.69, 9.17) is 10.5 Å². The molecule has 0 bridgehead atoms. The molecular weight excluding hydrogens is 305 g/mol. The second kappa shape index (κ2) is 6.58. The van der Waals surface area contributed by atoms with Gasteiger partial charge in [-0.05, 0) is 31.5 Å². The van der Waals surface area contributed by atoms with E-state index in [2.05, 4.69) is 0 Å². The van der Waals surface area contributed by atoms with Crippen molar-refractivity contribution in [2.24, 2.45) is 5.73 Å². The maximum absolute atomic E-state index is 13.0. The summed E-state index contributed by atoms with van der Waals surface area (Å²) in [5, 5.41) is 0. The van der Waals surface area contributed by atoms with Crippen LogP contribution in [0.25, 0.3) is 0 Å². The highest BCUT2D eigenvalue weighted by Gasteiger charge is 2.61. The largest absolute Gasteiger partial charge is 0.491 e. The van der Waals surface area contributed by atoms with E-state index in [1.54, 1.807) is 13.8 Å². The van der Waals surface area contributed by atoms with Gasteiger partial charge in [0.15, 0.2) is 0 Å². The van der Waals surface area contributed by atoms with Crippen LogP contribution < -0.4 is 10.5 Å². The van der Waals surface area contributed by atoms with Crippen molar-refractivity contribution in [2.75, 3.05) is 0 Å². The van der Waals surface area contributed by atoms with Crippen LogP contribution in [0.5, 0.6) is 5.75 Å². The molecular formula is C12H15ClF5NO. The Morgan fingerprint density at radius 2 is 1.45 bits per heavy atom. The Bertz CT molecular complexity index is 419. The lowest BCUT2D eigenvalue weighted by Gasteiger charge is -2.26. The molecule has 0 aliphatic heterocycles. The average Bonchev–Trinajstić information content (AvgIpc) is 2.26. The van der Waals surface area contributed by atoms with Crippen LogP contribution in [0.1, 0.15) is 25.5 Å². The molecule has 0 radical (unpaired) electrons. The van der Waals surface area contributed by atoms with Gasteiger partial charge >= 0.3 is 12.1 Å². The number of nitrogens with two attached hydrogens (primary N) is 1. The Hall–Kier alpha value is -1.08. The molecule has 0 saturated carbocycles. The Kier molecular flexibility index (Phi) is 6.23. The molecule has 0 spiro atoms. The average molecular weight is 320 g/mol. The molecule has 20 heavy (non-hydrogen) atoms. The fourth-order valence-corrected chi connectivity index (χ4v) is 1.41. The highest BCUT2D eigenvalue weighted by atomic mass is 35.5. The number of alkyl halides is 5. The Morgan fingerprint density at radius 3 is 1.80 bits per heavy atom. The Labute approximate surface area is 119 Å². The first kappa shape index (κ1) is 18.9. The van der Waals surface area contributed by atoms with Gasteiger partial charge in [-0.25, -0.2) is 0 Å². The van der Waals surface area contributed by atoms with Crippen LogP contribution >= 0.6 is 12.4 Å². The minimum atomic E-state index is -5.68. The standard InChI is InChI=1S/C12H14F5NO.ClH/c1-7(2)19-9-5-3-8(4-6-9)10(18)11(13,14)12(15,16)17;/h3-7,10H,18H2,1-2H3;1H/t10-;/m0./s1. The van der Waals surface area contributed by atoms with Gasteiger partial charge in [0, 0.05) is 0 Å². The number of halogens is 6. The van der Waals surface area contributed by atoms with Crippen molar-refractivity contribution >= 4 is 12.4 Å². The van der Waals surface area contributed by atoms with E-state index in [9.17, 15) is 22.0 Å². The molecule has 8 heteroatoms. The maximum Gasteiger partial charge on any atom is 0.455 e. The second-order valence-corrected chi connectivity index (χ2v) is 4.33. The third-order valence-electron chi connectivity index (χ3n) is 2.38. The highest BCUT2D eigenvalue weighted by molar-refractivity contribution is 5.85. The number of rotatable bonds is 4. The van der Waals surface area contributed by atoms with Gasteiger partial charge in [-0.2, -0.15) is 22.0 Å². The summed E-state index contributed by atoms with van der Waals surface area (Å²) in [5.74, 6) is -4.60. The van der Waals surface area contributed by atoms with E-state index in [1.165, 1.54) is 12.1 Å². The van der Waals surface area contributed by atoms with Crippen LogP contribution in [-0.4, -0.2) is 18.2 Å². The molecule has 0 aliphatic rings. The van der Waals surface area contributed by atoms with Crippen LogP contribution in [0.15, 0.2) is 24.3 Å². The zero-order chi connectivity index (χ0) is 14.8. The van der Waals surface area contributed by atoms with Gasteiger partial charge in [-0.1, -0.05) is 12.1 Å². The van der Waals surface area contributed by atoms with Gasteiger partial charge in [0.25, 0.3) is 0 Å². The van der Waals surface area contributed by atoms with Crippen LogP contribution in [0.2, 0.25) is 0 Å². The second-order valence-electron chi connectivity index (χ2n) is 4.33. The first-order chi connectivity index (χ1) is 8.55. The lowest BCUT2D eigenvalue weighted by Crippen LogP contribution is -2.45. The monoisotopic (exact) mass is 319 g/mol. The summed E-state index contributed by atoms with van der Waals surface area (Å²) in [5.41, 5.74) is 4.69. The van der Waals surface area contributed by atoms with Crippen molar-refractivity contribution in [3.8, 4) is 5.75 Å². The predicted molar refractivity (Wildman–Crippen MR) is 67.4 cm³/mol. The van der Waals surface area contributed by atoms with Gasteiger partial charge in [-0.3, -0.25) is 0 Å². The number of hydrogen-bond donors (Lipinski definition) is 1. The molecule has 0 aromatic heterocycles. The first-order valence-electron chi connectivity index (χ1n) is 5.52. The molecule has 2 N–H and O–H groups in total. The van der Waals surface area contributed by atoms with Crippen LogP contribution in [0.3, 0.4) is 0 Å².